The molecule has 1 aromatic carbocycles. The predicted molar refractivity (Wildman–Crippen MR) is 81.3 cm³/mol. The van der Waals surface area contributed by atoms with Crippen LogP contribution in [0.4, 0.5) is 11.4 Å². The van der Waals surface area contributed by atoms with Crippen LogP contribution >= 0.6 is 0 Å². The number of aromatic amines is 1. The van der Waals surface area contributed by atoms with Gasteiger partial charge in [0.2, 0.25) is 5.91 Å². The van der Waals surface area contributed by atoms with Crippen LogP contribution in [0, 0.1) is 0 Å². The quantitative estimate of drug-likeness (QED) is 0.789. The van der Waals surface area contributed by atoms with Gasteiger partial charge < -0.3 is 10.6 Å². The molecule has 1 heterocycles. The van der Waals surface area contributed by atoms with Crippen LogP contribution in [0.1, 0.15) is 36.5 Å². The molecule has 0 bridgehead atoms. The highest BCUT2D eigenvalue weighted by Crippen LogP contribution is 2.14. The molecule has 0 saturated carbocycles. The summed E-state index contributed by atoms with van der Waals surface area (Å²) in [5, 5.41) is 12.3. The Morgan fingerprint density at radius 1 is 1.14 bits per heavy atom. The molecule has 21 heavy (non-hydrogen) atoms. The molecule has 6 heteroatoms. The number of anilines is 2. The topological polar surface area (TPSA) is 86.9 Å². The first-order valence-electron chi connectivity index (χ1n) is 6.81. The molecule has 2 amide bonds. The van der Waals surface area contributed by atoms with Gasteiger partial charge in [0.1, 0.15) is 0 Å². The molecule has 0 radical (unpaired) electrons. The van der Waals surface area contributed by atoms with Crippen LogP contribution in [0.3, 0.4) is 0 Å². The third kappa shape index (κ3) is 4.17. The average Bonchev–Trinajstić information content (AvgIpc) is 2.89. The molecule has 2 rings (SSSR count). The maximum absolute atomic E-state index is 12.0. The number of hydrogen-bond acceptors (Lipinski definition) is 3. The molecule has 0 saturated heterocycles. The molecular weight excluding hydrogens is 268 g/mol. The zero-order valence-corrected chi connectivity index (χ0v) is 12.1. The summed E-state index contributed by atoms with van der Waals surface area (Å²) in [6.45, 7) is 3.51. The molecule has 6 nitrogen and oxygen atoms in total. The third-order valence-electron chi connectivity index (χ3n) is 2.85. The zero-order chi connectivity index (χ0) is 15.2. The van der Waals surface area contributed by atoms with Gasteiger partial charge in [-0.2, -0.15) is 5.10 Å². The van der Waals surface area contributed by atoms with E-state index in [0.29, 0.717) is 17.1 Å². The van der Waals surface area contributed by atoms with E-state index in [1.54, 1.807) is 30.3 Å². The zero-order valence-electron chi connectivity index (χ0n) is 12.1. The summed E-state index contributed by atoms with van der Waals surface area (Å²) in [4.78, 5) is 23.0. The molecule has 0 fully saturated rings. The molecule has 2 aromatic rings. The van der Waals surface area contributed by atoms with Crippen molar-refractivity contribution in [3.05, 3.63) is 41.7 Å². The molecule has 0 aliphatic rings. The van der Waals surface area contributed by atoms with Gasteiger partial charge in [0, 0.05) is 24.0 Å². The van der Waals surface area contributed by atoms with E-state index in [-0.39, 0.29) is 11.8 Å². The van der Waals surface area contributed by atoms with Crippen LogP contribution in [0.5, 0.6) is 0 Å². The second-order valence-electron chi connectivity index (χ2n) is 4.74. The second-order valence-corrected chi connectivity index (χ2v) is 4.74. The summed E-state index contributed by atoms with van der Waals surface area (Å²) in [6.07, 6.45) is 1.86. The Kier molecular flexibility index (Phi) is 4.71. The van der Waals surface area contributed by atoms with E-state index in [1.807, 2.05) is 0 Å². The van der Waals surface area contributed by atoms with Crippen LogP contribution in [0.15, 0.2) is 30.3 Å². The van der Waals surface area contributed by atoms with Crippen molar-refractivity contribution < 1.29 is 9.59 Å². The molecular formula is C15H18N4O2. The molecule has 0 spiro atoms. The Labute approximate surface area is 122 Å². The number of aromatic nitrogens is 2. The van der Waals surface area contributed by atoms with E-state index in [4.69, 9.17) is 0 Å². The fourth-order valence-corrected chi connectivity index (χ4v) is 1.91. The number of benzene rings is 1. The lowest BCUT2D eigenvalue weighted by molar-refractivity contribution is -0.114. The monoisotopic (exact) mass is 286 g/mol. The fraction of sp³-hybridized carbons (Fsp3) is 0.267. The average molecular weight is 286 g/mol. The van der Waals surface area contributed by atoms with Gasteiger partial charge in [-0.25, -0.2) is 0 Å². The summed E-state index contributed by atoms with van der Waals surface area (Å²) in [5.41, 5.74) is 2.65. The lowest BCUT2D eigenvalue weighted by atomic mass is 10.2. The van der Waals surface area contributed by atoms with E-state index in [2.05, 4.69) is 27.8 Å². The van der Waals surface area contributed by atoms with Gasteiger partial charge in [0.15, 0.2) is 5.69 Å². The summed E-state index contributed by atoms with van der Waals surface area (Å²) >= 11 is 0. The van der Waals surface area contributed by atoms with Crippen molar-refractivity contribution in [1.29, 1.82) is 0 Å². The molecule has 0 aliphatic carbocycles. The molecule has 0 unspecified atom stereocenters. The van der Waals surface area contributed by atoms with Crippen molar-refractivity contribution in [3.8, 4) is 0 Å². The van der Waals surface area contributed by atoms with E-state index in [1.165, 1.54) is 6.92 Å². The van der Waals surface area contributed by atoms with Crippen LogP contribution in [0.25, 0.3) is 0 Å². The number of nitrogens with one attached hydrogen (secondary N) is 3. The van der Waals surface area contributed by atoms with E-state index in [9.17, 15) is 9.59 Å². The number of carbonyl (C=O) groups is 2. The maximum Gasteiger partial charge on any atom is 0.276 e. The van der Waals surface area contributed by atoms with E-state index in [0.717, 1.165) is 18.5 Å². The van der Waals surface area contributed by atoms with E-state index >= 15 is 0 Å². The van der Waals surface area contributed by atoms with Crippen molar-refractivity contribution in [2.24, 2.45) is 0 Å². The fourth-order valence-electron chi connectivity index (χ4n) is 1.91. The highest BCUT2D eigenvalue weighted by molar-refractivity contribution is 6.03. The predicted octanol–water partition coefficient (Wildman–Crippen LogP) is 2.57. The first kappa shape index (κ1) is 14.8. The first-order valence-corrected chi connectivity index (χ1v) is 6.81. The smallest absolute Gasteiger partial charge is 0.276 e. The normalized spacial score (nSPS) is 10.2. The summed E-state index contributed by atoms with van der Waals surface area (Å²) in [5.74, 6) is -0.396. The standard InChI is InChI=1S/C15H18N4O2/c1-3-4-13-9-14(19-18-13)15(21)17-12-7-5-11(6-8-12)16-10(2)20/h5-9H,3-4H2,1-2H3,(H,16,20)(H,17,21)(H,18,19). The number of nitrogens with zero attached hydrogens (tertiary/aromatic N) is 1. The minimum absolute atomic E-state index is 0.133. The van der Waals surface area contributed by atoms with Gasteiger partial charge in [-0.15, -0.1) is 0 Å². The van der Waals surface area contributed by atoms with Crippen molar-refractivity contribution in [2.45, 2.75) is 26.7 Å². The number of amides is 2. The Morgan fingerprint density at radius 3 is 2.33 bits per heavy atom. The van der Waals surface area contributed by atoms with Gasteiger partial charge in [0.25, 0.3) is 5.91 Å². The maximum atomic E-state index is 12.0. The van der Waals surface area contributed by atoms with Crippen LogP contribution in [-0.4, -0.2) is 22.0 Å². The highest BCUT2D eigenvalue weighted by Gasteiger charge is 2.10. The number of carbonyl (C=O) groups excluding carboxylic acids is 2. The summed E-state index contributed by atoms with van der Waals surface area (Å²) < 4.78 is 0. The van der Waals surface area contributed by atoms with Crippen molar-refractivity contribution in [1.82, 2.24) is 10.2 Å². The van der Waals surface area contributed by atoms with Crippen LogP contribution < -0.4 is 10.6 Å². The molecule has 110 valence electrons. The Balaban J connectivity index is 1.99. The van der Waals surface area contributed by atoms with Crippen LogP contribution in [0.2, 0.25) is 0 Å². The van der Waals surface area contributed by atoms with Gasteiger partial charge in [-0.3, -0.25) is 14.7 Å². The lowest BCUT2D eigenvalue weighted by Crippen LogP contribution is -2.12. The first-order chi connectivity index (χ1) is 10.1. The molecule has 1 aromatic heterocycles. The van der Waals surface area contributed by atoms with Gasteiger partial charge >= 0.3 is 0 Å². The van der Waals surface area contributed by atoms with Crippen LogP contribution in [-0.2, 0) is 11.2 Å². The summed E-state index contributed by atoms with van der Waals surface area (Å²) in [7, 11) is 0. The van der Waals surface area contributed by atoms with Gasteiger partial charge in [-0.1, -0.05) is 13.3 Å². The molecule has 3 N–H and O–H groups in total. The SMILES string of the molecule is CCCc1cc(C(=O)Nc2ccc(NC(C)=O)cc2)n[nH]1. The largest absolute Gasteiger partial charge is 0.326 e. The number of hydrogen-bond donors (Lipinski definition) is 3. The summed E-state index contributed by atoms with van der Waals surface area (Å²) in [6, 6.07) is 8.66. The highest BCUT2D eigenvalue weighted by atomic mass is 16.2. The lowest BCUT2D eigenvalue weighted by Gasteiger charge is -2.05. The van der Waals surface area contributed by atoms with E-state index < -0.39 is 0 Å². The minimum Gasteiger partial charge on any atom is -0.326 e. The second kappa shape index (κ2) is 6.69. The Hall–Kier alpha value is -2.63. The Bertz CT molecular complexity index is 631. The van der Waals surface area contributed by atoms with Gasteiger partial charge in [-0.05, 0) is 36.8 Å². The molecule has 0 atom stereocenters. The van der Waals surface area contributed by atoms with Crippen molar-refractivity contribution >= 4 is 23.2 Å². The number of rotatable bonds is 5. The van der Waals surface area contributed by atoms with Gasteiger partial charge in [0.05, 0.1) is 0 Å². The Morgan fingerprint density at radius 2 is 1.76 bits per heavy atom. The minimum atomic E-state index is -0.263. The number of H-pyrrole nitrogens is 1. The third-order valence-corrected chi connectivity index (χ3v) is 2.85. The number of aryl methyl sites for hydroxylation is 1. The van der Waals surface area contributed by atoms with Crippen molar-refractivity contribution in [2.75, 3.05) is 10.6 Å². The van der Waals surface area contributed by atoms with Crippen molar-refractivity contribution in [3.63, 3.8) is 0 Å². The molecule has 0 aliphatic heterocycles.